The largest absolute Gasteiger partial charge is 0.384 e. The average Bonchev–Trinajstić information content (AvgIpc) is 2.26. The number of anilines is 1. The summed E-state index contributed by atoms with van der Waals surface area (Å²) in [6, 6.07) is 5.07. The van der Waals surface area contributed by atoms with E-state index in [0.29, 0.717) is 22.7 Å². The summed E-state index contributed by atoms with van der Waals surface area (Å²) in [7, 11) is 0. The predicted octanol–water partition coefficient (Wildman–Crippen LogP) is 2.67. The zero-order valence-electron chi connectivity index (χ0n) is 10.5. The molecule has 0 aliphatic rings. The van der Waals surface area contributed by atoms with Gasteiger partial charge in [-0.25, -0.2) is 0 Å². The van der Waals surface area contributed by atoms with Crippen molar-refractivity contribution in [2.24, 2.45) is 5.92 Å². The summed E-state index contributed by atoms with van der Waals surface area (Å²) >= 11 is 5.89. The maximum absolute atomic E-state index is 11.7. The van der Waals surface area contributed by atoms with Crippen LogP contribution in [0.4, 0.5) is 5.69 Å². The molecule has 1 aromatic carbocycles. The van der Waals surface area contributed by atoms with Crippen LogP contribution in [0.25, 0.3) is 0 Å². The first-order valence-electron chi connectivity index (χ1n) is 5.72. The number of halogens is 1. The van der Waals surface area contributed by atoms with Gasteiger partial charge in [-0.1, -0.05) is 37.3 Å². The Labute approximate surface area is 112 Å². The lowest BCUT2D eigenvalue weighted by atomic mass is 10.1. The van der Waals surface area contributed by atoms with Crippen LogP contribution in [0.2, 0.25) is 5.02 Å². The molecule has 2 N–H and O–H groups in total. The van der Waals surface area contributed by atoms with Gasteiger partial charge in [0.1, 0.15) is 6.61 Å². The summed E-state index contributed by atoms with van der Waals surface area (Å²) in [6.45, 7) is 3.73. The van der Waals surface area contributed by atoms with E-state index in [9.17, 15) is 4.79 Å². The fourth-order valence-electron chi connectivity index (χ4n) is 1.44. The Bertz CT molecular complexity index is 486. The summed E-state index contributed by atoms with van der Waals surface area (Å²) in [5.41, 5.74) is 1.22. The number of aliphatic hydroxyl groups excluding tert-OH is 1. The third kappa shape index (κ3) is 4.79. The third-order valence-electron chi connectivity index (χ3n) is 2.15. The molecule has 1 rings (SSSR count). The maximum Gasteiger partial charge on any atom is 0.224 e. The summed E-state index contributed by atoms with van der Waals surface area (Å²) in [6.07, 6.45) is 0.444. The zero-order chi connectivity index (χ0) is 13.5. The van der Waals surface area contributed by atoms with E-state index in [0.717, 1.165) is 0 Å². The van der Waals surface area contributed by atoms with Crippen molar-refractivity contribution in [1.82, 2.24) is 0 Å². The molecule has 0 heterocycles. The lowest BCUT2D eigenvalue weighted by molar-refractivity contribution is -0.116. The van der Waals surface area contributed by atoms with Gasteiger partial charge in [-0.15, -0.1) is 0 Å². The third-order valence-corrected chi connectivity index (χ3v) is 2.39. The van der Waals surface area contributed by atoms with Crippen LogP contribution < -0.4 is 5.32 Å². The van der Waals surface area contributed by atoms with Gasteiger partial charge in [0.2, 0.25) is 5.91 Å². The summed E-state index contributed by atoms with van der Waals surface area (Å²) in [5.74, 6) is 5.54. The molecule has 0 bridgehead atoms. The molecule has 0 saturated heterocycles. The lowest BCUT2D eigenvalue weighted by Crippen LogP contribution is -2.14. The Hall–Kier alpha value is -1.50. The number of amides is 1. The van der Waals surface area contributed by atoms with Crippen molar-refractivity contribution in [2.45, 2.75) is 20.3 Å². The highest BCUT2D eigenvalue weighted by molar-refractivity contribution is 6.31. The minimum absolute atomic E-state index is 0.0701. The zero-order valence-corrected chi connectivity index (χ0v) is 11.2. The fraction of sp³-hybridized carbons (Fsp3) is 0.357. The SMILES string of the molecule is CC(C)CC(=O)Nc1cc(Cl)ccc1C#CCO. The van der Waals surface area contributed by atoms with Gasteiger partial charge in [0, 0.05) is 17.0 Å². The Morgan fingerprint density at radius 2 is 2.22 bits per heavy atom. The molecule has 0 fully saturated rings. The smallest absolute Gasteiger partial charge is 0.224 e. The summed E-state index contributed by atoms with van der Waals surface area (Å²) in [4.78, 5) is 11.7. The highest BCUT2D eigenvalue weighted by Gasteiger charge is 2.08. The standard InChI is InChI=1S/C14H16ClNO2/c1-10(2)8-14(18)16-13-9-12(15)6-5-11(13)4-3-7-17/h5-6,9-10,17H,7-8H2,1-2H3,(H,16,18). The number of hydrogen-bond donors (Lipinski definition) is 2. The van der Waals surface area contributed by atoms with Gasteiger partial charge in [0.05, 0.1) is 5.69 Å². The van der Waals surface area contributed by atoms with Crippen molar-refractivity contribution in [1.29, 1.82) is 0 Å². The van der Waals surface area contributed by atoms with Crippen LogP contribution in [0.5, 0.6) is 0 Å². The molecule has 0 spiro atoms. The number of nitrogens with one attached hydrogen (secondary N) is 1. The summed E-state index contributed by atoms with van der Waals surface area (Å²) in [5, 5.41) is 12.0. The molecule has 0 saturated carbocycles. The van der Waals surface area contributed by atoms with Crippen molar-refractivity contribution in [3.8, 4) is 11.8 Å². The predicted molar refractivity (Wildman–Crippen MR) is 73.5 cm³/mol. The van der Waals surface area contributed by atoms with E-state index in [2.05, 4.69) is 17.2 Å². The van der Waals surface area contributed by atoms with Crippen LogP contribution in [0, 0.1) is 17.8 Å². The Kier molecular flexibility index (Phi) is 5.70. The number of carbonyl (C=O) groups excluding carboxylic acids is 1. The van der Waals surface area contributed by atoms with Gasteiger partial charge in [-0.3, -0.25) is 4.79 Å². The second-order valence-electron chi connectivity index (χ2n) is 4.30. The molecule has 0 aromatic heterocycles. The van der Waals surface area contributed by atoms with Crippen LogP contribution in [-0.4, -0.2) is 17.6 Å². The minimum Gasteiger partial charge on any atom is -0.384 e. The van der Waals surface area contributed by atoms with Gasteiger partial charge in [0.15, 0.2) is 0 Å². The first kappa shape index (κ1) is 14.6. The number of rotatable bonds is 3. The lowest BCUT2D eigenvalue weighted by Gasteiger charge is -2.09. The molecule has 96 valence electrons. The molecule has 18 heavy (non-hydrogen) atoms. The minimum atomic E-state index is -0.220. The molecule has 1 aromatic rings. The summed E-state index contributed by atoms with van der Waals surface area (Å²) < 4.78 is 0. The van der Waals surface area contributed by atoms with Crippen LogP contribution in [0.15, 0.2) is 18.2 Å². The molecule has 3 nitrogen and oxygen atoms in total. The van der Waals surface area contributed by atoms with Crippen LogP contribution in [0.3, 0.4) is 0 Å². The van der Waals surface area contributed by atoms with E-state index >= 15 is 0 Å². The van der Waals surface area contributed by atoms with Crippen molar-refractivity contribution in [2.75, 3.05) is 11.9 Å². The monoisotopic (exact) mass is 265 g/mol. The number of carbonyl (C=O) groups is 1. The Morgan fingerprint density at radius 1 is 1.50 bits per heavy atom. The molecule has 0 aliphatic carbocycles. The Balaban J connectivity index is 2.92. The Morgan fingerprint density at radius 3 is 2.83 bits per heavy atom. The van der Waals surface area contributed by atoms with Crippen molar-refractivity contribution >= 4 is 23.2 Å². The molecular formula is C14H16ClNO2. The van der Waals surface area contributed by atoms with E-state index in [1.54, 1.807) is 18.2 Å². The normalized spacial score (nSPS) is 9.83. The topological polar surface area (TPSA) is 49.3 Å². The van der Waals surface area contributed by atoms with E-state index < -0.39 is 0 Å². The van der Waals surface area contributed by atoms with Crippen LogP contribution >= 0.6 is 11.6 Å². The second-order valence-corrected chi connectivity index (χ2v) is 4.73. The van der Waals surface area contributed by atoms with Crippen LogP contribution in [-0.2, 0) is 4.79 Å². The number of benzene rings is 1. The van der Waals surface area contributed by atoms with Gasteiger partial charge < -0.3 is 10.4 Å². The van der Waals surface area contributed by atoms with E-state index in [1.165, 1.54) is 0 Å². The molecule has 0 aliphatic heterocycles. The molecule has 0 radical (unpaired) electrons. The maximum atomic E-state index is 11.7. The van der Waals surface area contributed by atoms with Crippen molar-refractivity contribution in [3.05, 3.63) is 28.8 Å². The quantitative estimate of drug-likeness (QED) is 0.826. The van der Waals surface area contributed by atoms with Gasteiger partial charge in [-0.05, 0) is 24.1 Å². The molecule has 0 unspecified atom stereocenters. The van der Waals surface area contributed by atoms with Crippen LogP contribution in [0.1, 0.15) is 25.8 Å². The van der Waals surface area contributed by atoms with Crippen molar-refractivity contribution in [3.63, 3.8) is 0 Å². The number of hydrogen-bond acceptors (Lipinski definition) is 2. The average molecular weight is 266 g/mol. The molecule has 1 amide bonds. The van der Waals surface area contributed by atoms with Gasteiger partial charge >= 0.3 is 0 Å². The molecule has 4 heteroatoms. The first-order valence-corrected chi connectivity index (χ1v) is 6.10. The molecular weight excluding hydrogens is 250 g/mol. The van der Waals surface area contributed by atoms with E-state index in [4.69, 9.17) is 16.7 Å². The number of aliphatic hydroxyl groups is 1. The second kappa shape index (κ2) is 7.05. The highest BCUT2D eigenvalue weighted by Crippen LogP contribution is 2.21. The first-order chi connectivity index (χ1) is 8.52. The molecule has 0 atom stereocenters. The van der Waals surface area contributed by atoms with Gasteiger partial charge in [-0.2, -0.15) is 0 Å². The van der Waals surface area contributed by atoms with Gasteiger partial charge in [0.25, 0.3) is 0 Å². The van der Waals surface area contributed by atoms with Crippen molar-refractivity contribution < 1.29 is 9.90 Å². The van der Waals surface area contributed by atoms with E-state index in [1.807, 2.05) is 13.8 Å². The van der Waals surface area contributed by atoms with E-state index in [-0.39, 0.29) is 18.4 Å². The fourth-order valence-corrected chi connectivity index (χ4v) is 1.61. The highest BCUT2D eigenvalue weighted by atomic mass is 35.5.